The minimum atomic E-state index is -0.874. The minimum Gasteiger partial charge on any atom is -0.461 e. The predicted molar refractivity (Wildman–Crippen MR) is 124 cm³/mol. The average Bonchev–Trinajstić information content (AvgIpc) is 3.07. The number of cyclic esters (lactones) is 1. The van der Waals surface area contributed by atoms with Crippen LogP contribution in [-0.2, 0) is 33.4 Å². The van der Waals surface area contributed by atoms with Gasteiger partial charge in [-0.05, 0) is 56.3 Å². The van der Waals surface area contributed by atoms with E-state index in [0.29, 0.717) is 18.4 Å². The highest BCUT2D eigenvalue weighted by atomic mass is 16.6. The zero-order chi connectivity index (χ0) is 25.4. The second-order valence-electron chi connectivity index (χ2n) is 10.5. The van der Waals surface area contributed by atoms with Gasteiger partial charge < -0.3 is 19.1 Å². The van der Waals surface area contributed by atoms with Gasteiger partial charge in [0.2, 0.25) is 5.91 Å². The van der Waals surface area contributed by atoms with Gasteiger partial charge in [-0.1, -0.05) is 25.2 Å². The van der Waals surface area contributed by atoms with Crippen LogP contribution in [-0.4, -0.2) is 61.6 Å². The molecule has 8 nitrogen and oxygen atoms in total. The Hall–Kier alpha value is -2.64. The third kappa shape index (κ3) is 4.51. The van der Waals surface area contributed by atoms with E-state index in [2.05, 4.69) is 13.5 Å². The van der Waals surface area contributed by atoms with Gasteiger partial charge in [-0.15, -0.1) is 0 Å². The first-order chi connectivity index (χ1) is 15.8. The number of rotatable bonds is 5. The first-order valence-corrected chi connectivity index (χ1v) is 11.9. The summed E-state index contributed by atoms with van der Waals surface area (Å²) < 4.78 is 16.1. The zero-order valence-corrected chi connectivity index (χ0v) is 21.1. The highest BCUT2D eigenvalue weighted by Crippen LogP contribution is 2.62. The van der Waals surface area contributed by atoms with Crippen LogP contribution < -0.4 is 0 Å². The van der Waals surface area contributed by atoms with Gasteiger partial charge in [-0.2, -0.15) is 0 Å². The summed E-state index contributed by atoms with van der Waals surface area (Å²) in [6.45, 7) is 11.2. The summed E-state index contributed by atoms with van der Waals surface area (Å²) in [6.07, 6.45) is 3.99. The first-order valence-electron chi connectivity index (χ1n) is 11.9. The third-order valence-corrected chi connectivity index (χ3v) is 8.18. The summed E-state index contributed by atoms with van der Waals surface area (Å²) in [5, 5.41) is 0. The summed E-state index contributed by atoms with van der Waals surface area (Å²) in [5.74, 6) is -1.40. The summed E-state index contributed by atoms with van der Waals surface area (Å²) in [4.78, 5) is 50.8. The summed E-state index contributed by atoms with van der Waals surface area (Å²) >= 11 is 0. The van der Waals surface area contributed by atoms with Crippen molar-refractivity contribution in [3.63, 3.8) is 0 Å². The Labute approximate surface area is 201 Å². The lowest BCUT2D eigenvalue weighted by Gasteiger charge is -2.60. The van der Waals surface area contributed by atoms with Crippen molar-refractivity contribution in [2.45, 2.75) is 72.0 Å². The first kappa shape index (κ1) is 26.0. The van der Waals surface area contributed by atoms with E-state index in [4.69, 9.17) is 14.2 Å². The summed E-state index contributed by atoms with van der Waals surface area (Å²) in [6, 6.07) is 0. The number of allylic oxidation sites excluding steroid dienone is 2. The van der Waals surface area contributed by atoms with Crippen molar-refractivity contribution in [1.29, 1.82) is 0 Å². The highest BCUT2D eigenvalue weighted by Gasteiger charge is 2.62. The average molecular weight is 476 g/mol. The summed E-state index contributed by atoms with van der Waals surface area (Å²) in [5.41, 5.74) is 0.273. The van der Waals surface area contributed by atoms with Crippen molar-refractivity contribution >= 4 is 23.8 Å². The molecule has 1 aliphatic heterocycles. The number of hydrogen-bond donors (Lipinski definition) is 0. The second-order valence-corrected chi connectivity index (χ2v) is 10.5. The lowest BCUT2D eigenvalue weighted by atomic mass is 9.45. The lowest BCUT2D eigenvalue weighted by Crippen LogP contribution is -2.62. The number of ether oxygens (including phenoxy) is 3. The van der Waals surface area contributed by atoms with Crippen LogP contribution >= 0.6 is 0 Å². The van der Waals surface area contributed by atoms with E-state index in [1.54, 1.807) is 19.0 Å². The molecule has 0 aromatic rings. The molecule has 0 unspecified atom stereocenters. The molecule has 0 aromatic carbocycles. The molecule has 2 aliphatic carbocycles. The standard InChI is InChI=1S/C26H37NO7/c1-15-8-11-21-25(4,13-12-22(34-17(3)29)26(21,5)24(31)27(6)7)19(15)10-9-18-20(33-16(2)28)14-32-23(18)30/h9,19-22H,1,8,10-14H2,2-7H3/b18-9+/t19-,20-,21+,22-,25+,26+/m1/s1. The normalized spacial score (nSPS) is 36.5. The van der Waals surface area contributed by atoms with E-state index in [1.807, 2.05) is 13.0 Å². The molecule has 1 amide bonds. The van der Waals surface area contributed by atoms with Gasteiger partial charge in [0.05, 0.1) is 11.0 Å². The van der Waals surface area contributed by atoms with Crippen LogP contribution in [0, 0.1) is 22.7 Å². The largest absolute Gasteiger partial charge is 0.461 e. The molecule has 3 aliphatic rings. The molecular formula is C26H37NO7. The minimum absolute atomic E-state index is 0.0118. The molecule has 3 rings (SSSR count). The molecule has 1 heterocycles. The fraction of sp³-hybridized carbons (Fsp3) is 0.692. The van der Waals surface area contributed by atoms with E-state index in [1.165, 1.54) is 13.8 Å². The van der Waals surface area contributed by atoms with Gasteiger partial charge in [-0.25, -0.2) is 4.79 Å². The number of carbonyl (C=O) groups is 4. The van der Waals surface area contributed by atoms with E-state index < -0.39 is 29.6 Å². The maximum absolute atomic E-state index is 13.5. The molecule has 8 heteroatoms. The molecule has 3 fully saturated rings. The molecule has 0 spiro atoms. The fourth-order valence-corrected chi connectivity index (χ4v) is 6.64. The molecule has 1 saturated heterocycles. The Morgan fingerprint density at radius 3 is 2.38 bits per heavy atom. The van der Waals surface area contributed by atoms with Gasteiger partial charge in [-0.3, -0.25) is 14.4 Å². The summed E-state index contributed by atoms with van der Waals surface area (Å²) in [7, 11) is 3.46. The maximum atomic E-state index is 13.5. The molecule has 2 saturated carbocycles. The number of esters is 3. The Bertz CT molecular complexity index is 922. The zero-order valence-electron chi connectivity index (χ0n) is 21.1. The number of fused-ring (bicyclic) bond motifs is 1. The molecule has 0 N–H and O–H groups in total. The fourth-order valence-electron chi connectivity index (χ4n) is 6.64. The van der Waals surface area contributed by atoms with Crippen LogP contribution in [0.25, 0.3) is 0 Å². The van der Waals surface area contributed by atoms with Crippen LogP contribution in [0.15, 0.2) is 23.8 Å². The van der Waals surface area contributed by atoms with Gasteiger partial charge in [0, 0.05) is 27.9 Å². The number of amides is 1. The van der Waals surface area contributed by atoms with Gasteiger partial charge >= 0.3 is 17.9 Å². The SMILES string of the molecule is C=C1CC[C@H]2[C@@](C)(CC[C@@H](OC(C)=O)[C@@]2(C)C(=O)N(C)C)[C@@H]1C/C=C1/C(=O)OC[C@H]1OC(C)=O. The van der Waals surface area contributed by atoms with E-state index in [0.717, 1.165) is 24.8 Å². The molecule has 0 radical (unpaired) electrons. The van der Waals surface area contributed by atoms with Crippen molar-refractivity contribution in [3.8, 4) is 0 Å². The quantitative estimate of drug-likeness (QED) is 0.261. The van der Waals surface area contributed by atoms with Gasteiger partial charge in [0.15, 0.2) is 6.10 Å². The van der Waals surface area contributed by atoms with E-state index in [9.17, 15) is 19.2 Å². The van der Waals surface area contributed by atoms with Crippen molar-refractivity contribution in [2.24, 2.45) is 22.7 Å². The number of hydrogen-bond acceptors (Lipinski definition) is 7. The molecular weight excluding hydrogens is 438 g/mol. The Morgan fingerprint density at radius 2 is 1.79 bits per heavy atom. The van der Waals surface area contributed by atoms with Crippen molar-refractivity contribution in [2.75, 3.05) is 20.7 Å². The smallest absolute Gasteiger partial charge is 0.337 e. The number of carbonyl (C=O) groups excluding carboxylic acids is 4. The Balaban J connectivity index is 1.96. The van der Waals surface area contributed by atoms with Gasteiger partial charge in [0.1, 0.15) is 12.7 Å². The Kier molecular flexibility index (Phi) is 7.29. The van der Waals surface area contributed by atoms with Crippen LogP contribution in [0.3, 0.4) is 0 Å². The van der Waals surface area contributed by atoms with Crippen molar-refractivity contribution < 1.29 is 33.4 Å². The van der Waals surface area contributed by atoms with Crippen LogP contribution in [0.1, 0.15) is 59.8 Å². The topological polar surface area (TPSA) is 99.2 Å². The molecule has 188 valence electrons. The van der Waals surface area contributed by atoms with Crippen molar-refractivity contribution in [1.82, 2.24) is 4.90 Å². The van der Waals surface area contributed by atoms with Crippen LogP contribution in [0.5, 0.6) is 0 Å². The van der Waals surface area contributed by atoms with Crippen molar-refractivity contribution in [3.05, 3.63) is 23.8 Å². The lowest BCUT2D eigenvalue weighted by molar-refractivity contribution is -0.188. The maximum Gasteiger partial charge on any atom is 0.337 e. The second kappa shape index (κ2) is 9.55. The van der Waals surface area contributed by atoms with Crippen LogP contribution in [0.2, 0.25) is 0 Å². The molecule has 0 aromatic heterocycles. The molecule has 6 atom stereocenters. The van der Waals surface area contributed by atoms with Gasteiger partial charge in [0.25, 0.3) is 0 Å². The molecule has 0 bridgehead atoms. The Morgan fingerprint density at radius 1 is 1.15 bits per heavy atom. The highest BCUT2D eigenvalue weighted by molar-refractivity contribution is 5.92. The monoisotopic (exact) mass is 475 g/mol. The third-order valence-electron chi connectivity index (χ3n) is 8.18. The molecule has 34 heavy (non-hydrogen) atoms. The predicted octanol–water partition coefficient (Wildman–Crippen LogP) is 3.20. The van der Waals surface area contributed by atoms with E-state index in [-0.39, 0.29) is 35.7 Å². The van der Waals surface area contributed by atoms with E-state index >= 15 is 0 Å². The number of nitrogens with zero attached hydrogens (tertiary/aromatic N) is 1. The van der Waals surface area contributed by atoms with Crippen LogP contribution in [0.4, 0.5) is 0 Å².